The van der Waals surface area contributed by atoms with Crippen LogP contribution >= 0.6 is 11.3 Å². The van der Waals surface area contributed by atoms with E-state index in [1.54, 1.807) is 11.3 Å². The Morgan fingerprint density at radius 3 is 2.33 bits per heavy atom. The molecular weight excluding hydrogens is 393 g/mol. The summed E-state index contributed by atoms with van der Waals surface area (Å²) in [5.74, 6) is 0.966. The summed E-state index contributed by atoms with van der Waals surface area (Å²) in [6.45, 7) is 12.3. The van der Waals surface area contributed by atoms with Gasteiger partial charge in [0.05, 0.1) is 29.6 Å². The fourth-order valence-electron chi connectivity index (χ4n) is 3.39. The molecule has 1 aromatic carbocycles. The number of thiophene rings is 1. The quantitative estimate of drug-likeness (QED) is 0.431. The van der Waals surface area contributed by atoms with Gasteiger partial charge in [0, 0.05) is 9.65 Å². The van der Waals surface area contributed by atoms with E-state index in [2.05, 4.69) is 86.3 Å². The summed E-state index contributed by atoms with van der Waals surface area (Å²) in [6, 6.07) is 12.9. The Hall–Kier alpha value is -1.93. The summed E-state index contributed by atoms with van der Waals surface area (Å²) < 4.78 is 13.5. The molecule has 2 N–H and O–H groups in total. The standard InChI is InChI=1S/C23H30BN3O2S/c1-6-13-25-15-21-26-14-18(27-21)16-7-9-17(10-8-16)19-11-12-20(30-19)24-28-22(2,3)23(4,5)29-24/h7-12,14,25H,6,13,15H2,1-5H3,(H,26,27). The van der Waals surface area contributed by atoms with Gasteiger partial charge < -0.3 is 19.6 Å². The van der Waals surface area contributed by atoms with Gasteiger partial charge in [0.2, 0.25) is 0 Å². The van der Waals surface area contributed by atoms with E-state index in [0.29, 0.717) is 0 Å². The number of rotatable bonds is 7. The maximum atomic E-state index is 6.19. The molecule has 0 saturated carbocycles. The summed E-state index contributed by atoms with van der Waals surface area (Å²) in [7, 11) is -0.308. The highest BCUT2D eigenvalue weighted by Gasteiger charge is 2.52. The van der Waals surface area contributed by atoms with Crippen LogP contribution in [-0.4, -0.2) is 34.8 Å². The van der Waals surface area contributed by atoms with Crippen molar-refractivity contribution in [3.05, 3.63) is 48.4 Å². The first-order chi connectivity index (χ1) is 14.3. The highest BCUT2D eigenvalue weighted by Crippen LogP contribution is 2.37. The Morgan fingerprint density at radius 2 is 1.67 bits per heavy atom. The van der Waals surface area contributed by atoms with Crippen molar-refractivity contribution >= 4 is 23.2 Å². The average molecular weight is 423 g/mol. The van der Waals surface area contributed by atoms with Crippen LogP contribution in [0.5, 0.6) is 0 Å². The molecule has 1 aliphatic rings. The second kappa shape index (κ2) is 8.31. The van der Waals surface area contributed by atoms with Crippen molar-refractivity contribution in [3.63, 3.8) is 0 Å². The van der Waals surface area contributed by atoms with Crippen molar-refractivity contribution in [2.75, 3.05) is 6.54 Å². The molecule has 1 saturated heterocycles. The first-order valence-electron chi connectivity index (χ1n) is 10.6. The SMILES string of the molecule is CCCNCc1ncc(-c2ccc(-c3ccc(B4OC(C)(C)C(C)(C)O4)s3)cc2)[nH]1. The molecule has 0 spiro atoms. The Bertz CT molecular complexity index is 978. The maximum absolute atomic E-state index is 6.19. The van der Waals surface area contributed by atoms with E-state index in [9.17, 15) is 0 Å². The number of benzene rings is 1. The monoisotopic (exact) mass is 423 g/mol. The zero-order chi connectivity index (χ0) is 21.4. The third-order valence-electron chi connectivity index (χ3n) is 5.94. The van der Waals surface area contributed by atoms with Crippen molar-refractivity contribution in [2.45, 2.75) is 58.8 Å². The molecule has 7 heteroatoms. The molecule has 30 heavy (non-hydrogen) atoms. The second-order valence-corrected chi connectivity index (χ2v) is 9.90. The first-order valence-corrected chi connectivity index (χ1v) is 11.4. The van der Waals surface area contributed by atoms with Gasteiger partial charge in [0.25, 0.3) is 0 Å². The van der Waals surface area contributed by atoms with Crippen LogP contribution in [0.2, 0.25) is 0 Å². The van der Waals surface area contributed by atoms with Gasteiger partial charge in [-0.15, -0.1) is 11.3 Å². The van der Waals surface area contributed by atoms with Gasteiger partial charge in [0.1, 0.15) is 5.82 Å². The Balaban J connectivity index is 1.45. The van der Waals surface area contributed by atoms with E-state index >= 15 is 0 Å². The number of H-pyrrole nitrogens is 1. The minimum Gasteiger partial charge on any atom is -0.399 e. The number of imidazole rings is 1. The first kappa shape index (κ1) is 21.3. The lowest BCUT2D eigenvalue weighted by molar-refractivity contribution is 0.00578. The summed E-state index contributed by atoms with van der Waals surface area (Å²) in [5, 5.41) is 3.37. The molecule has 0 aliphatic carbocycles. The van der Waals surface area contributed by atoms with E-state index in [4.69, 9.17) is 9.31 Å². The molecule has 3 heterocycles. The molecule has 1 fully saturated rings. The molecule has 3 aromatic rings. The van der Waals surface area contributed by atoms with Gasteiger partial charge in [-0.2, -0.15) is 0 Å². The van der Waals surface area contributed by atoms with Crippen LogP contribution in [0.1, 0.15) is 46.9 Å². The maximum Gasteiger partial charge on any atom is 0.505 e. The number of nitrogens with one attached hydrogen (secondary N) is 2. The Morgan fingerprint density at radius 1 is 1.00 bits per heavy atom. The van der Waals surface area contributed by atoms with Crippen LogP contribution in [0.15, 0.2) is 42.6 Å². The molecular formula is C23H30BN3O2S. The fraction of sp³-hybridized carbons (Fsp3) is 0.435. The predicted molar refractivity (Wildman–Crippen MR) is 125 cm³/mol. The van der Waals surface area contributed by atoms with Crippen LogP contribution < -0.4 is 10.1 Å². The van der Waals surface area contributed by atoms with E-state index in [-0.39, 0.29) is 18.3 Å². The minimum absolute atomic E-state index is 0.308. The fourth-order valence-corrected chi connectivity index (χ4v) is 4.36. The van der Waals surface area contributed by atoms with Crippen LogP contribution in [0, 0.1) is 0 Å². The molecule has 4 rings (SSSR count). The second-order valence-electron chi connectivity index (χ2n) is 8.79. The van der Waals surface area contributed by atoms with Crippen molar-refractivity contribution in [1.82, 2.24) is 15.3 Å². The van der Waals surface area contributed by atoms with Crippen LogP contribution in [0.3, 0.4) is 0 Å². The number of aromatic nitrogens is 2. The highest BCUT2D eigenvalue weighted by molar-refractivity contribution is 7.25. The average Bonchev–Trinajstić information content (AvgIpc) is 3.41. The lowest BCUT2D eigenvalue weighted by Gasteiger charge is -2.32. The largest absolute Gasteiger partial charge is 0.505 e. The predicted octanol–water partition coefficient (Wildman–Crippen LogP) is 4.60. The topological polar surface area (TPSA) is 59.2 Å². The lowest BCUT2D eigenvalue weighted by atomic mass is 9.88. The zero-order valence-corrected chi connectivity index (χ0v) is 19.2. The molecule has 5 nitrogen and oxygen atoms in total. The summed E-state index contributed by atoms with van der Waals surface area (Å²) in [6.07, 6.45) is 3.02. The molecule has 0 unspecified atom stereocenters. The van der Waals surface area contributed by atoms with Crippen molar-refractivity contribution in [3.8, 4) is 21.7 Å². The molecule has 0 bridgehead atoms. The van der Waals surface area contributed by atoms with Crippen LogP contribution in [-0.2, 0) is 15.9 Å². The van der Waals surface area contributed by atoms with E-state index < -0.39 is 0 Å². The summed E-state index contributed by atoms with van der Waals surface area (Å²) in [4.78, 5) is 9.08. The molecule has 0 atom stereocenters. The van der Waals surface area contributed by atoms with Crippen molar-refractivity contribution in [2.24, 2.45) is 0 Å². The Labute approximate surface area is 183 Å². The normalized spacial score (nSPS) is 17.6. The molecule has 0 radical (unpaired) electrons. The van der Waals surface area contributed by atoms with Gasteiger partial charge >= 0.3 is 7.12 Å². The van der Waals surface area contributed by atoms with Gasteiger partial charge in [0.15, 0.2) is 0 Å². The molecule has 1 aliphatic heterocycles. The van der Waals surface area contributed by atoms with Crippen molar-refractivity contribution < 1.29 is 9.31 Å². The third-order valence-corrected chi connectivity index (χ3v) is 7.10. The van der Waals surface area contributed by atoms with E-state index in [1.807, 2.05) is 6.20 Å². The van der Waals surface area contributed by atoms with Crippen LogP contribution in [0.25, 0.3) is 21.7 Å². The number of nitrogens with zero attached hydrogens (tertiary/aromatic N) is 1. The van der Waals surface area contributed by atoms with Gasteiger partial charge in [-0.3, -0.25) is 0 Å². The number of hydrogen-bond donors (Lipinski definition) is 2. The van der Waals surface area contributed by atoms with E-state index in [1.165, 1.54) is 10.4 Å². The van der Waals surface area contributed by atoms with Crippen LogP contribution in [0.4, 0.5) is 0 Å². The minimum atomic E-state index is -0.321. The molecule has 158 valence electrons. The number of aromatic amines is 1. The Kier molecular flexibility index (Phi) is 5.90. The highest BCUT2D eigenvalue weighted by atomic mass is 32.1. The van der Waals surface area contributed by atoms with Gasteiger partial charge in [-0.25, -0.2) is 4.98 Å². The number of hydrogen-bond acceptors (Lipinski definition) is 5. The molecule has 2 aromatic heterocycles. The van der Waals surface area contributed by atoms with Crippen molar-refractivity contribution in [1.29, 1.82) is 0 Å². The van der Waals surface area contributed by atoms with E-state index in [0.717, 1.165) is 41.4 Å². The van der Waals surface area contributed by atoms with Gasteiger partial charge in [-0.1, -0.05) is 37.3 Å². The summed E-state index contributed by atoms with van der Waals surface area (Å²) >= 11 is 1.72. The smallest absolute Gasteiger partial charge is 0.399 e. The molecule has 0 amide bonds. The third kappa shape index (κ3) is 4.25. The zero-order valence-electron chi connectivity index (χ0n) is 18.4. The van der Waals surface area contributed by atoms with Gasteiger partial charge in [-0.05, 0) is 57.9 Å². The summed E-state index contributed by atoms with van der Waals surface area (Å²) in [5.41, 5.74) is 2.72. The lowest BCUT2D eigenvalue weighted by Crippen LogP contribution is -2.41.